The van der Waals surface area contributed by atoms with Gasteiger partial charge in [0.1, 0.15) is 4.70 Å². The summed E-state index contributed by atoms with van der Waals surface area (Å²) >= 11 is 1.38. The maximum atomic E-state index is 12.5. The Hall–Kier alpha value is -1.53. The van der Waals surface area contributed by atoms with Crippen LogP contribution in [0.2, 0.25) is 0 Å². The van der Waals surface area contributed by atoms with E-state index in [4.69, 9.17) is 0 Å². The highest BCUT2D eigenvalue weighted by Crippen LogP contribution is 2.29. The van der Waals surface area contributed by atoms with E-state index in [-0.39, 0.29) is 11.6 Å². The first kappa shape index (κ1) is 15.9. The average Bonchev–Trinajstić information content (AvgIpc) is 2.87. The lowest BCUT2D eigenvalue weighted by Gasteiger charge is -2.23. The molecule has 0 aliphatic heterocycles. The smallest absolute Gasteiger partial charge is 0.271 e. The van der Waals surface area contributed by atoms with Gasteiger partial charge >= 0.3 is 0 Å². The minimum absolute atomic E-state index is 0.0121. The van der Waals surface area contributed by atoms with Crippen molar-refractivity contribution in [3.8, 4) is 0 Å². The fourth-order valence-electron chi connectivity index (χ4n) is 2.87. The Labute approximate surface area is 127 Å². The first-order valence-electron chi connectivity index (χ1n) is 7.25. The highest BCUT2D eigenvalue weighted by molar-refractivity contribution is 7.19. The second-order valence-corrected chi connectivity index (χ2v) is 6.34. The number of aryl methyl sites for hydroxylation is 1. The maximum absolute atomic E-state index is 12.5. The first-order valence-corrected chi connectivity index (χ1v) is 8.07. The number of aldehydes is 1. The first-order chi connectivity index (χ1) is 10.2. The van der Waals surface area contributed by atoms with Crippen LogP contribution in [0.3, 0.4) is 0 Å². The predicted octanol–water partition coefficient (Wildman–Crippen LogP) is 2.66. The van der Waals surface area contributed by atoms with E-state index in [1.165, 1.54) is 37.6 Å². The molecule has 0 saturated heterocycles. The summed E-state index contributed by atoms with van der Waals surface area (Å²) in [6.45, 7) is 1.86. The third-order valence-electron chi connectivity index (χ3n) is 3.93. The number of carbonyl (C=O) groups is 1. The molecule has 1 fully saturated rings. The average molecular weight is 307 g/mol. The van der Waals surface area contributed by atoms with Crippen molar-refractivity contribution in [2.75, 3.05) is 7.05 Å². The van der Waals surface area contributed by atoms with Crippen molar-refractivity contribution in [1.29, 1.82) is 0 Å². The molecule has 0 aromatic carbocycles. The van der Waals surface area contributed by atoms with Gasteiger partial charge in [-0.05, 0) is 26.8 Å². The number of fused-ring (bicyclic) bond motifs is 1. The van der Waals surface area contributed by atoms with Gasteiger partial charge in [-0.15, -0.1) is 11.3 Å². The zero-order chi connectivity index (χ0) is 15.4. The summed E-state index contributed by atoms with van der Waals surface area (Å²) in [5, 5.41) is 0. The molecule has 1 aliphatic carbocycles. The van der Waals surface area contributed by atoms with Crippen LogP contribution in [0.5, 0.6) is 0 Å². The number of nitrogens with two attached hydrogens (primary N) is 1. The minimum Gasteiger partial charge on any atom is -0.333 e. The molecule has 3 rings (SSSR count). The Balaban J connectivity index is 0.000000774. The number of carbonyl (C=O) groups excluding carboxylic acids is 1. The molecule has 6 heteroatoms. The molecule has 2 N–H and O–H groups in total. The van der Waals surface area contributed by atoms with E-state index in [0.717, 1.165) is 24.0 Å². The molecule has 2 aromatic heterocycles. The number of hydrogen-bond acceptors (Lipinski definition) is 5. The summed E-state index contributed by atoms with van der Waals surface area (Å²) < 4.78 is 2.39. The molecule has 2 heterocycles. The normalized spacial score (nSPS) is 15.6. The molecule has 5 nitrogen and oxygen atoms in total. The summed E-state index contributed by atoms with van der Waals surface area (Å²) in [5.74, 6) is 0. The molecule has 0 radical (unpaired) electrons. The molecular weight excluding hydrogens is 286 g/mol. The van der Waals surface area contributed by atoms with Crippen molar-refractivity contribution in [3.63, 3.8) is 0 Å². The molecule has 0 amide bonds. The Morgan fingerprint density at radius 1 is 1.33 bits per heavy atom. The number of nitrogens with zero attached hydrogens (tertiary/aromatic N) is 2. The van der Waals surface area contributed by atoms with Crippen LogP contribution >= 0.6 is 11.3 Å². The van der Waals surface area contributed by atoms with Crippen LogP contribution < -0.4 is 11.3 Å². The highest BCUT2D eigenvalue weighted by atomic mass is 32.1. The predicted molar refractivity (Wildman–Crippen MR) is 86.2 cm³/mol. The molecule has 0 atom stereocenters. The third kappa shape index (κ3) is 2.91. The van der Waals surface area contributed by atoms with E-state index in [9.17, 15) is 9.59 Å². The van der Waals surface area contributed by atoms with Gasteiger partial charge in [0, 0.05) is 10.9 Å². The van der Waals surface area contributed by atoms with Gasteiger partial charge in [-0.25, -0.2) is 4.98 Å². The summed E-state index contributed by atoms with van der Waals surface area (Å²) in [6, 6.07) is 0.278. The summed E-state index contributed by atoms with van der Waals surface area (Å²) in [7, 11) is 1.50. The van der Waals surface area contributed by atoms with E-state index in [1.54, 1.807) is 10.9 Å². The van der Waals surface area contributed by atoms with Crippen LogP contribution in [0.15, 0.2) is 11.1 Å². The standard InChI is InChI=1S/C14H16N2O2S.CH5N/c1-9-11(7-17)12-13(19-9)14(18)16(8-15-12)10-5-3-2-4-6-10;1-2/h7-8,10H,2-6H2,1H3;2H2,1H3. The Kier molecular flexibility index (Phi) is 5.25. The van der Waals surface area contributed by atoms with E-state index in [0.29, 0.717) is 15.8 Å². The van der Waals surface area contributed by atoms with Crippen molar-refractivity contribution in [3.05, 3.63) is 27.1 Å². The lowest BCUT2D eigenvalue weighted by molar-refractivity contribution is 0.112. The van der Waals surface area contributed by atoms with Gasteiger partial charge in [0.15, 0.2) is 6.29 Å². The number of hydrogen-bond donors (Lipinski definition) is 1. The molecule has 21 heavy (non-hydrogen) atoms. The number of rotatable bonds is 2. The number of thiophene rings is 1. The lowest BCUT2D eigenvalue weighted by atomic mass is 9.95. The second kappa shape index (κ2) is 6.95. The topological polar surface area (TPSA) is 78.0 Å². The maximum Gasteiger partial charge on any atom is 0.271 e. The molecular formula is C15H21N3O2S. The Morgan fingerprint density at radius 3 is 2.62 bits per heavy atom. The quantitative estimate of drug-likeness (QED) is 0.865. The fourth-order valence-corrected chi connectivity index (χ4v) is 3.88. The van der Waals surface area contributed by atoms with E-state index >= 15 is 0 Å². The molecule has 0 bridgehead atoms. The summed E-state index contributed by atoms with van der Waals surface area (Å²) in [6.07, 6.45) is 8.14. The number of aromatic nitrogens is 2. The van der Waals surface area contributed by atoms with E-state index in [2.05, 4.69) is 10.7 Å². The molecule has 0 spiro atoms. The van der Waals surface area contributed by atoms with Crippen molar-refractivity contribution in [2.45, 2.75) is 45.1 Å². The Morgan fingerprint density at radius 2 is 2.00 bits per heavy atom. The molecule has 0 unspecified atom stereocenters. The van der Waals surface area contributed by atoms with Gasteiger partial charge in [-0.3, -0.25) is 14.2 Å². The minimum atomic E-state index is 0.0121. The molecule has 114 valence electrons. The summed E-state index contributed by atoms with van der Waals surface area (Å²) in [4.78, 5) is 28.8. The van der Waals surface area contributed by atoms with Crippen molar-refractivity contribution in [1.82, 2.24) is 9.55 Å². The van der Waals surface area contributed by atoms with Crippen LogP contribution in [-0.4, -0.2) is 22.9 Å². The Bertz CT molecular complexity index is 684. The molecule has 2 aromatic rings. The largest absolute Gasteiger partial charge is 0.333 e. The van der Waals surface area contributed by atoms with Gasteiger partial charge in [0.25, 0.3) is 5.56 Å². The van der Waals surface area contributed by atoms with E-state index in [1.807, 2.05) is 6.92 Å². The van der Waals surface area contributed by atoms with Crippen LogP contribution in [-0.2, 0) is 0 Å². The fraction of sp³-hybridized carbons (Fsp3) is 0.533. The van der Waals surface area contributed by atoms with Gasteiger partial charge in [-0.1, -0.05) is 19.3 Å². The monoisotopic (exact) mass is 307 g/mol. The zero-order valence-corrected chi connectivity index (χ0v) is 13.3. The zero-order valence-electron chi connectivity index (χ0n) is 12.5. The van der Waals surface area contributed by atoms with E-state index < -0.39 is 0 Å². The van der Waals surface area contributed by atoms with Crippen LogP contribution in [0.1, 0.15) is 53.4 Å². The second-order valence-electron chi connectivity index (χ2n) is 5.12. The van der Waals surface area contributed by atoms with Crippen LogP contribution in [0.4, 0.5) is 0 Å². The third-order valence-corrected chi connectivity index (χ3v) is 5.03. The van der Waals surface area contributed by atoms with Gasteiger partial charge < -0.3 is 5.73 Å². The highest BCUT2D eigenvalue weighted by Gasteiger charge is 2.20. The SMILES string of the molecule is CN.Cc1sc2c(=O)n(C3CCCCC3)cnc2c1C=O. The molecule has 1 aliphatic rings. The lowest BCUT2D eigenvalue weighted by Crippen LogP contribution is -2.26. The van der Waals surface area contributed by atoms with Crippen LogP contribution in [0.25, 0.3) is 10.2 Å². The summed E-state index contributed by atoms with van der Waals surface area (Å²) in [5.41, 5.74) is 5.64. The van der Waals surface area contributed by atoms with Crippen molar-refractivity contribution >= 4 is 27.8 Å². The van der Waals surface area contributed by atoms with Gasteiger partial charge in [0.2, 0.25) is 0 Å². The van der Waals surface area contributed by atoms with Crippen molar-refractivity contribution in [2.24, 2.45) is 5.73 Å². The van der Waals surface area contributed by atoms with Crippen LogP contribution in [0, 0.1) is 6.92 Å². The van der Waals surface area contributed by atoms with Crippen molar-refractivity contribution < 1.29 is 4.79 Å². The molecule has 1 saturated carbocycles. The van der Waals surface area contributed by atoms with Gasteiger partial charge in [0.05, 0.1) is 17.4 Å². The van der Waals surface area contributed by atoms with Gasteiger partial charge in [-0.2, -0.15) is 0 Å².